The average molecular weight is 310 g/mol. The van der Waals surface area contributed by atoms with Gasteiger partial charge in [0, 0.05) is 25.3 Å². The van der Waals surface area contributed by atoms with E-state index in [1.54, 1.807) is 0 Å². The molecule has 3 N–H and O–H groups in total. The van der Waals surface area contributed by atoms with E-state index in [2.05, 4.69) is 15.7 Å². The fourth-order valence-electron chi connectivity index (χ4n) is 2.41. The lowest BCUT2D eigenvalue weighted by atomic mass is 10.0. The summed E-state index contributed by atoms with van der Waals surface area (Å²) in [5.74, 6) is 0.209. The van der Waals surface area contributed by atoms with Gasteiger partial charge in [-0.1, -0.05) is 13.8 Å². The van der Waals surface area contributed by atoms with Gasteiger partial charge in [-0.25, -0.2) is 4.79 Å². The zero-order valence-electron chi connectivity index (χ0n) is 14.6. The van der Waals surface area contributed by atoms with Gasteiger partial charge in [-0.05, 0) is 45.1 Å². The highest BCUT2D eigenvalue weighted by Crippen LogP contribution is 2.14. The number of amides is 2. The average Bonchev–Trinajstić information content (AvgIpc) is 2.65. The van der Waals surface area contributed by atoms with E-state index in [9.17, 15) is 9.90 Å². The Morgan fingerprint density at radius 3 is 2.45 bits per heavy atom. The minimum Gasteiger partial charge on any atom is -0.393 e. The van der Waals surface area contributed by atoms with Crippen molar-refractivity contribution in [3.05, 3.63) is 17.0 Å². The fraction of sp³-hybridized carbons (Fsp3) is 0.750. The molecule has 2 unspecified atom stereocenters. The van der Waals surface area contributed by atoms with Crippen molar-refractivity contribution < 1.29 is 9.90 Å². The number of urea groups is 1. The Morgan fingerprint density at radius 2 is 1.95 bits per heavy atom. The molecule has 6 heteroatoms. The van der Waals surface area contributed by atoms with E-state index in [-0.39, 0.29) is 24.1 Å². The standard InChI is InChI=1S/C16H30N4O2/c1-10(2)15(21)7-8-17-16(22)18-11(3)9-14-12(4)19-20(6)13(14)5/h10-11,15,21H,7-9H2,1-6H3,(H2,17,18,22). The van der Waals surface area contributed by atoms with Crippen LogP contribution in [0.25, 0.3) is 0 Å². The normalized spacial score (nSPS) is 14.0. The number of carbonyl (C=O) groups is 1. The summed E-state index contributed by atoms with van der Waals surface area (Å²) in [7, 11) is 1.93. The van der Waals surface area contributed by atoms with Crippen molar-refractivity contribution in [1.82, 2.24) is 20.4 Å². The van der Waals surface area contributed by atoms with Gasteiger partial charge in [0.2, 0.25) is 0 Å². The number of nitrogens with zero attached hydrogens (tertiary/aromatic N) is 2. The van der Waals surface area contributed by atoms with Gasteiger partial charge < -0.3 is 15.7 Å². The maximum atomic E-state index is 11.8. The van der Waals surface area contributed by atoms with Gasteiger partial charge in [-0.2, -0.15) is 5.10 Å². The first-order valence-electron chi connectivity index (χ1n) is 7.93. The Morgan fingerprint density at radius 1 is 1.32 bits per heavy atom. The molecule has 0 aromatic carbocycles. The van der Waals surface area contributed by atoms with E-state index in [0.717, 1.165) is 17.8 Å². The van der Waals surface area contributed by atoms with Crippen molar-refractivity contribution in [1.29, 1.82) is 0 Å². The molecule has 0 aliphatic rings. The summed E-state index contributed by atoms with van der Waals surface area (Å²) >= 11 is 0. The smallest absolute Gasteiger partial charge is 0.315 e. The Labute approximate surface area is 133 Å². The Balaban J connectivity index is 2.38. The molecule has 6 nitrogen and oxygen atoms in total. The van der Waals surface area contributed by atoms with Crippen LogP contribution in [0.1, 0.15) is 44.1 Å². The molecule has 1 aromatic rings. The van der Waals surface area contributed by atoms with E-state index >= 15 is 0 Å². The van der Waals surface area contributed by atoms with Crippen LogP contribution in [-0.4, -0.2) is 39.6 Å². The number of aromatic nitrogens is 2. The van der Waals surface area contributed by atoms with Crippen LogP contribution < -0.4 is 10.6 Å². The lowest BCUT2D eigenvalue weighted by Crippen LogP contribution is -2.42. The summed E-state index contributed by atoms with van der Waals surface area (Å²) in [6.45, 7) is 10.4. The van der Waals surface area contributed by atoms with Crippen LogP contribution >= 0.6 is 0 Å². The first kappa shape index (κ1) is 18.5. The molecule has 2 amide bonds. The van der Waals surface area contributed by atoms with Gasteiger partial charge in [-0.3, -0.25) is 4.68 Å². The summed E-state index contributed by atoms with van der Waals surface area (Å²) in [6.07, 6.45) is 0.951. The van der Waals surface area contributed by atoms with Gasteiger partial charge in [0.1, 0.15) is 0 Å². The highest BCUT2D eigenvalue weighted by molar-refractivity contribution is 5.74. The number of aliphatic hydroxyl groups excluding tert-OH is 1. The quantitative estimate of drug-likeness (QED) is 0.717. The molecule has 22 heavy (non-hydrogen) atoms. The molecule has 1 aromatic heterocycles. The summed E-state index contributed by atoms with van der Waals surface area (Å²) in [5, 5.41) is 19.8. The van der Waals surface area contributed by atoms with Gasteiger partial charge >= 0.3 is 6.03 Å². The second-order valence-electron chi connectivity index (χ2n) is 6.38. The Kier molecular flexibility index (Phi) is 6.87. The fourth-order valence-corrected chi connectivity index (χ4v) is 2.41. The van der Waals surface area contributed by atoms with Crippen molar-refractivity contribution in [2.45, 2.75) is 59.6 Å². The third-order valence-electron chi connectivity index (χ3n) is 4.04. The number of carbonyl (C=O) groups excluding carboxylic acids is 1. The van der Waals surface area contributed by atoms with E-state index in [0.29, 0.717) is 13.0 Å². The summed E-state index contributed by atoms with van der Waals surface area (Å²) < 4.78 is 1.87. The monoisotopic (exact) mass is 310 g/mol. The van der Waals surface area contributed by atoms with Crippen LogP contribution in [0.5, 0.6) is 0 Å². The van der Waals surface area contributed by atoms with Crippen LogP contribution in [0, 0.1) is 19.8 Å². The predicted molar refractivity (Wildman–Crippen MR) is 87.8 cm³/mol. The summed E-state index contributed by atoms with van der Waals surface area (Å²) in [4.78, 5) is 11.8. The second kappa shape index (κ2) is 8.17. The van der Waals surface area contributed by atoms with Gasteiger partial charge in [0.05, 0.1) is 11.8 Å². The number of rotatable bonds is 7. The van der Waals surface area contributed by atoms with E-state index < -0.39 is 0 Å². The molecule has 0 aliphatic heterocycles. The van der Waals surface area contributed by atoms with Crippen molar-refractivity contribution in [2.24, 2.45) is 13.0 Å². The molecule has 2 atom stereocenters. The first-order chi connectivity index (χ1) is 10.2. The van der Waals surface area contributed by atoms with E-state index in [1.165, 1.54) is 5.56 Å². The molecule has 1 heterocycles. The zero-order valence-corrected chi connectivity index (χ0v) is 14.6. The molecule has 0 aliphatic carbocycles. The molecular formula is C16H30N4O2. The van der Waals surface area contributed by atoms with Crippen LogP contribution in [0.15, 0.2) is 0 Å². The SMILES string of the molecule is Cc1nn(C)c(C)c1CC(C)NC(=O)NCCC(O)C(C)C. The summed E-state index contributed by atoms with van der Waals surface area (Å²) in [5.41, 5.74) is 3.33. The van der Waals surface area contributed by atoms with Crippen molar-refractivity contribution >= 4 is 6.03 Å². The predicted octanol–water partition coefficient (Wildman–Crippen LogP) is 1.67. The van der Waals surface area contributed by atoms with Crippen LogP contribution in [-0.2, 0) is 13.5 Å². The first-order valence-corrected chi connectivity index (χ1v) is 7.93. The Bertz CT molecular complexity index is 497. The van der Waals surface area contributed by atoms with Crippen molar-refractivity contribution in [3.8, 4) is 0 Å². The van der Waals surface area contributed by atoms with Crippen LogP contribution in [0.3, 0.4) is 0 Å². The highest BCUT2D eigenvalue weighted by Gasteiger charge is 2.15. The highest BCUT2D eigenvalue weighted by atomic mass is 16.3. The summed E-state index contributed by atoms with van der Waals surface area (Å²) in [6, 6.07) is -0.167. The maximum absolute atomic E-state index is 11.8. The minimum atomic E-state index is -0.376. The van der Waals surface area contributed by atoms with Crippen LogP contribution in [0.4, 0.5) is 4.79 Å². The molecule has 0 spiro atoms. The second-order valence-corrected chi connectivity index (χ2v) is 6.38. The van der Waals surface area contributed by atoms with Crippen molar-refractivity contribution in [3.63, 3.8) is 0 Å². The van der Waals surface area contributed by atoms with Crippen LogP contribution in [0.2, 0.25) is 0 Å². The van der Waals surface area contributed by atoms with Gasteiger partial charge in [0.25, 0.3) is 0 Å². The van der Waals surface area contributed by atoms with E-state index in [4.69, 9.17) is 0 Å². The molecule has 0 fully saturated rings. The number of hydrogen-bond acceptors (Lipinski definition) is 3. The van der Waals surface area contributed by atoms with Crippen molar-refractivity contribution in [2.75, 3.05) is 6.54 Å². The lowest BCUT2D eigenvalue weighted by molar-refractivity contribution is 0.116. The molecular weight excluding hydrogens is 280 g/mol. The molecule has 1 rings (SSSR count). The topological polar surface area (TPSA) is 79.2 Å². The zero-order chi connectivity index (χ0) is 16.9. The maximum Gasteiger partial charge on any atom is 0.315 e. The molecule has 0 saturated carbocycles. The minimum absolute atomic E-state index is 0.0247. The molecule has 126 valence electrons. The van der Waals surface area contributed by atoms with Gasteiger partial charge in [0.15, 0.2) is 0 Å². The number of nitrogens with one attached hydrogen (secondary N) is 2. The lowest BCUT2D eigenvalue weighted by Gasteiger charge is -2.17. The number of aliphatic hydroxyl groups is 1. The Hall–Kier alpha value is -1.56. The molecule has 0 radical (unpaired) electrons. The third kappa shape index (κ3) is 5.33. The largest absolute Gasteiger partial charge is 0.393 e. The number of hydrogen-bond donors (Lipinski definition) is 3. The number of aryl methyl sites for hydroxylation is 2. The third-order valence-corrected chi connectivity index (χ3v) is 4.04. The van der Waals surface area contributed by atoms with E-state index in [1.807, 2.05) is 46.3 Å². The molecule has 0 saturated heterocycles. The molecule has 0 bridgehead atoms. The van der Waals surface area contributed by atoms with Gasteiger partial charge in [-0.15, -0.1) is 0 Å².